The predicted octanol–water partition coefficient (Wildman–Crippen LogP) is 2.01. The van der Waals surface area contributed by atoms with Crippen LogP contribution in [-0.4, -0.2) is 31.5 Å². The summed E-state index contributed by atoms with van der Waals surface area (Å²) in [6.07, 6.45) is 5.53. The normalized spacial score (nSPS) is 11.8. The van der Waals surface area contributed by atoms with Crippen LogP contribution in [0, 0.1) is 5.92 Å². The zero-order valence-electron chi connectivity index (χ0n) is 12.4. The van der Waals surface area contributed by atoms with Crippen LogP contribution >= 0.6 is 0 Å². The molecule has 2 N–H and O–H groups in total. The second-order valence-electron chi connectivity index (χ2n) is 4.70. The lowest BCUT2D eigenvalue weighted by molar-refractivity contribution is 0.478. The number of nitrogens with zero attached hydrogens (tertiary/aromatic N) is 2. The number of hydrogen-bond acceptors (Lipinski definition) is 5. The molecule has 1 aromatic heterocycles. The lowest BCUT2D eigenvalue weighted by Crippen LogP contribution is -2.29. The van der Waals surface area contributed by atoms with Gasteiger partial charge in [-0.15, -0.1) is 0 Å². The van der Waals surface area contributed by atoms with Crippen LogP contribution < -0.4 is 10.0 Å². The van der Waals surface area contributed by atoms with Gasteiger partial charge in [0.1, 0.15) is 4.90 Å². The molecule has 0 aliphatic rings. The fourth-order valence-corrected chi connectivity index (χ4v) is 2.68. The summed E-state index contributed by atoms with van der Waals surface area (Å²) in [7, 11) is -3.52. The standard InChI is InChI=1S/C13H24N4O2S/c1-4-7-14-13-15-9-12(10-16-13)20(18,19)17-8-11(5-2)6-3/h9-11,17H,4-8H2,1-3H3,(H,14,15,16). The first-order chi connectivity index (χ1) is 9.53. The van der Waals surface area contributed by atoms with Gasteiger partial charge in [0.2, 0.25) is 16.0 Å². The molecule has 0 radical (unpaired) electrons. The molecule has 0 fully saturated rings. The Labute approximate surface area is 121 Å². The smallest absolute Gasteiger partial charge is 0.243 e. The fourth-order valence-electron chi connectivity index (χ4n) is 1.67. The summed E-state index contributed by atoms with van der Waals surface area (Å²) >= 11 is 0. The van der Waals surface area contributed by atoms with Crippen LogP contribution in [0.4, 0.5) is 5.95 Å². The van der Waals surface area contributed by atoms with E-state index in [2.05, 4.69) is 33.9 Å². The Kier molecular flexibility index (Phi) is 6.87. The summed E-state index contributed by atoms with van der Waals surface area (Å²) in [5.74, 6) is 0.807. The molecule has 6 nitrogen and oxygen atoms in total. The van der Waals surface area contributed by atoms with Gasteiger partial charge >= 0.3 is 0 Å². The first-order valence-electron chi connectivity index (χ1n) is 7.09. The maximum Gasteiger partial charge on any atom is 0.243 e. The number of nitrogens with one attached hydrogen (secondary N) is 2. The van der Waals surface area contributed by atoms with Crippen LogP contribution in [0.5, 0.6) is 0 Å². The van der Waals surface area contributed by atoms with Gasteiger partial charge in [-0.2, -0.15) is 0 Å². The minimum Gasteiger partial charge on any atom is -0.354 e. The maximum absolute atomic E-state index is 12.1. The lowest BCUT2D eigenvalue weighted by atomic mass is 10.0. The third-order valence-electron chi connectivity index (χ3n) is 3.19. The minimum atomic E-state index is -3.52. The average Bonchev–Trinajstić information content (AvgIpc) is 2.46. The number of rotatable bonds is 9. The number of anilines is 1. The predicted molar refractivity (Wildman–Crippen MR) is 80.1 cm³/mol. The largest absolute Gasteiger partial charge is 0.354 e. The van der Waals surface area contributed by atoms with Crippen molar-refractivity contribution in [2.24, 2.45) is 5.92 Å². The van der Waals surface area contributed by atoms with E-state index in [9.17, 15) is 8.42 Å². The van der Waals surface area contributed by atoms with Crippen LogP contribution in [-0.2, 0) is 10.0 Å². The van der Waals surface area contributed by atoms with Crippen molar-refractivity contribution >= 4 is 16.0 Å². The Balaban J connectivity index is 2.67. The zero-order valence-corrected chi connectivity index (χ0v) is 13.2. The van der Waals surface area contributed by atoms with Crippen LogP contribution in [0.25, 0.3) is 0 Å². The number of aromatic nitrogens is 2. The first kappa shape index (κ1) is 16.8. The van der Waals surface area contributed by atoms with Crippen molar-refractivity contribution in [2.75, 3.05) is 18.4 Å². The molecule has 0 unspecified atom stereocenters. The molecule has 7 heteroatoms. The van der Waals surface area contributed by atoms with Crippen LogP contribution in [0.15, 0.2) is 17.3 Å². The van der Waals surface area contributed by atoms with E-state index in [0.717, 1.165) is 25.8 Å². The zero-order chi connectivity index (χ0) is 15.0. The summed E-state index contributed by atoms with van der Waals surface area (Å²) in [6.45, 7) is 7.36. The van der Waals surface area contributed by atoms with E-state index in [1.54, 1.807) is 0 Å². The van der Waals surface area contributed by atoms with Gasteiger partial charge in [0, 0.05) is 13.1 Å². The number of sulfonamides is 1. The third-order valence-corrected chi connectivity index (χ3v) is 4.57. The van der Waals surface area contributed by atoms with Crippen molar-refractivity contribution in [3.63, 3.8) is 0 Å². The van der Waals surface area contributed by atoms with Crippen molar-refractivity contribution in [1.29, 1.82) is 0 Å². The first-order valence-corrected chi connectivity index (χ1v) is 8.57. The summed E-state index contributed by atoms with van der Waals surface area (Å²) in [5.41, 5.74) is 0. The van der Waals surface area contributed by atoms with Crippen molar-refractivity contribution in [2.45, 2.75) is 44.9 Å². The molecule has 0 aliphatic carbocycles. The van der Waals surface area contributed by atoms with Gasteiger partial charge in [0.05, 0.1) is 12.4 Å². The third kappa shape index (κ3) is 5.05. The Morgan fingerprint density at radius 3 is 2.25 bits per heavy atom. The molecule has 0 saturated heterocycles. The van der Waals surface area contributed by atoms with E-state index in [-0.39, 0.29) is 4.90 Å². The van der Waals surface area contributed by atoms with Crippen molar-refractivity contribution in [3.8, 4) is 0 Å². The molecule has 0 saturated carbocycles. The Bertz CT molecular complexity index is 484. The molecule has 0 aliphatic heterocycles. The van der Waals surface area contributed by atoms with Gasteiger partial charge < -0.3 is 5.32 Å². The quantitative estimate of drug-likeness (QED) is 0.729. The van der Waals surface area contributed by atoms with Gasteiger partial charge in [0.25, 0.3) is 0 Å². The van der Waals surface area contributed by atoms with E-state index in [4.69, 9.17) is 0 Å². The molecule has 0 spiro atoms. The van der Waals surface area contributed by atoms with Crippen molar-refractivity contribution in [1.82, 2.24) is 14.7 Å². The molecule has 1 heterocycles. The van der Waals surface area contributed by atoms with Crippen LogP contribution in [0.2, 0.25) is 0 Å². The van der Waals surface area contributed by atoms with Gasteiger partial charge in [0.15, 0.2) is 0 Å². The molecule has 1 aromatic rings. The summed E-state index contributed by atoms with van der Waals surface area (Å²) in [5, 5.41) is 3.00. The molecular weight excluding hydrogens is 276 g/mol. The summed E-state index contributed by atoms with van der Waals surface area (Å²) in [6, 6.07) is 0. The molecular formula is C13H24N4O2S. The SMILES string of the molecule is CCCNc1ncc(S(=O)(=O)NCC(CC)CC)cn1. The van der Waals surface area contributed by atoms with Gasteiger partial charge in [-0.05, 0) is 12.3 Å². The monoisotopic (exact) mass is 300 g/mol. The molecule has 0 aromatic carbocycles. The maximum atomic E-state index is 12.1. The van der Waals surface area contributed by atoms with Crippen LogP contribution in [0.1, 0.15) is 40.0 Å². The Morgan fingerprint density at radius 2 is 1.75 bits per heavy atom. The fraction of sp³-hybridized carbons (Fsp3) is 0.692. The van der Waals surface area contributed by atoms with Gasteiger partial charge in [-0.25, -0.2) is 23.1 Å². The molecule has 0 atom stereocenters. The molecule has 20 heavy (non-hydrogen) atoms. The molecule has 1 rings (SSSR count). The highest BCUT2D eigenvalue weighted by Gasteiger charge is 2.16. The highest BCUT2D eigenvalue weighted by molar-refractivity contribution is 7.89. The minimum absolute atomic E-state index is 0.102. The molecule has 114 valence electrons. The van der Waals surface area contributed by atoms with Crippen molar-refractivity contribution in [3.05, 3.63) is 12.4 Å². The van der Waals surface area contributed by atoms with Gasteiger partial charge in [-0.1, -0.05) is 33.6 Å². The van der Waals surface area contributed by atoms with E-state index < -0.39 is 10.0 Å². The Morgan fingerprint density at radius 1 is 1.15 bits per heavy atom. The molecule has 0 amide bonds. The second kappa shape index (κ2) is 8.16. The van der Waals surface area contributed by atoms with E-state index in [1.165, 1.54) is 12.4 Å². The number of hydrogen-bond donors (Lipinski definition) is 2. The Hall–Kier alpha value is -1.21. The van der Waals surface area contributed by atoms with Gasteiger partial charge in [-0.3, -0.25) is 0 Å². The van der Waals surface area contributed by atoms with Crippen LogP contribution in [0.3, 0.4) is 0 Å². The topological polar surface area (TPSA) is 84.0 Å². The van der Waals surface area contributed by atoms with Crippen molar-refractivity contribution < 1.29 is 8.42 Å². The highest BCUT2D eigenvalue weighted by Crippen LogP contribution is 2.10. The summed E-state index contributed by atoms with van der Waals surface area (Å²) < 4.78 is 26.8. The second-order valence-corrected chi connectivity index (χ2v) is 6.47. The van der Waals surface area contributed by atoms with E-state index in [1.807, 2.05) is 6.92 Å². The van der Waals surface area contributed by atoms with E-state index in [0.29, 0.717) is 18.4 Å². The van der Waals surface area contributed by atoms with E-state index >= 15 is 0 Å². The lowest BCUT2D eigenvalue weighted by Gasteiger charge is -2.13. The average molecular weight is 300 g/mol. The highest BCUT2D eigenvalue weighted by atomic mass is 32.2. The molecule has 0 bridgehead atoms. The summed E-state index contributed by atoms with van der Waals surface area (Å²) in [4.78, 5) is 8.12.